The number of anilines is 1. The van der Waals surface area contributed by atoms with Crippen molar-refractivity contribution in [2.24, 2.45) is 0 Å². The summed E-state index contributed by atoms with van der Waals surface area (Å²) in [5.74, 6) is 0.519. The van der Waals surface area contributed by atoms with E-state index in [1.807, 2.05) is 11.0 Å². The van der Waals surface area contributed by atoms with Crippen molar-refractivity contribution in [1.82, 2.24) is 10.3 Å². The van der Waals surface area contributed by atoms with E-state index in [1.54, 1.807) is 0 Å². The number of morpholine rings is 1. The smallest absolute Gasteiger partial charge is 0.228 e. The highest BCUT2D eigenvalue weighted by atomic mass is 16.6. The average Bonchev–Trinajstić information content (AvgIpc) is 2.67. The van der Waals surface area contributed by atoms with E-state index in [2.05, 4.69) is 14.9 Å². The number of rotatable bonds is 1. The van der Waals surface area contributed by atoms with Gasteiger partial charge in [0.15, 0.2) is 0 Å². The monoisotopic (exact) mass is 180 g/mol. The highest BCUT2D eigenvalue weighted by molar-refractivity contribution is 5.48. The summed E-state index contributed by atoms with van der Waals surface area (Å²) in [6.45, 7) is 2.75. The minimum absolute atomic E-state index is 0.238. The number of hydrogen-bond acceptors (Lipinski definition) is 6. The summed E-state index contributed by atoms with van der Waals surface area (Å²) in [6, 6.07) is 1.92. The van der Waals surface area contributed by atoms with E-state index in [4.69, 9.17) is 10.00 Å². The summed E-state index contributed by atoms with van der Waals surface area (Å²) in [5.41, 5.74) is 0.238. The van der Waals surface area contributed by atoms with Crippen molar-refractivity contribution < 1.29 is 9.37 Å². The molecule has 0 spiro atoms. The quantitative estimate of drug-likeness (QED) is 0.594. The summed E-state index contributed by atoms with van der Waals surface area (Å²) < 4.78 is 9.65. The lowest BCUT2D eigenvalue weighted by molar-refractivity contribution is 0.122. The fourth-order valence-corrected chi connectivity index (χ4v) is 1.24. The Hall–Kier alpha value is -1.61. The number of nitriles is 1. The minimum Gasteiger partial charge on any atom is -0.378 e. The first-order chi connectivity index (χ1) is 6.42. The topological polar surface area (TPSA) is 75.2 Å². The van der Waals surface area contributed by atoms with Gasteiger partial charge in [-0.3, -0.25) is 0 Å². The highest BCUT2D eigenvalue weighted by Crippen LogP contribution is 2.15. The van der Waals surface area contributed by atoms with Gasteiger partial charge in [-0.05, 0) is 10.3 Å². The fourth-order valence-electron chi connectivity index (χ4n) is 1.24. The Bertz CT molecular complexity index is 323. The van der Waals surface area contributed by atoms with Crippen LogP contribution >= 0.6 is 0 Å². The van der Waals surface area contributed by atoms with Gasteiger partial charge in [-0.25, -0.2) is 4.63 Å². The number of hydrogen-bond donors (Lipinski definition) is 0. The number of aromatic nitrogens is 2. The molecule has 1 saturated heterocycles. The van der Waals surface area contributed by atoms with E-state index in [-0.39, 0.29) is 5.69 Å². The Morgan fingerprint density at radius 2 is 2.08 bits per heavy atom. The molecule has 1 aromatic heterocycles. The Kier molecular flexibility index (Phi) is 2.10. The first-order valence-corrected chi connectivity index (χ1v) is 3.97. The van der Waals surface area contributed by atoms with Crippen LogP contribution in [-0.2, 0) is 4.74 Å². The predicted octanol–water partition coefficient (Wildman–Crippen LogP) is -0.222. The molecular formula is C7H8N4O2. The zero-order chi connectivity index (χ0) is 9.10. The van der Waals surface area contributed by atoms with Crippen LogP contribution in [0.3, 0.4) is 0 Å². The first-order valence-electron chi connectivity index (χ1n) is 3.97. The van der Waals surface area contributed by atoms with Crippen LogP contribution in [0.4, 0.5) is 5.82 Å². The third kappa shape index (κ3) is 1.46. The van der Waals surface area contributed by atoms with E-state index in [0.717, 1.165) is 13.1 Å². The summed E-state index contributed by atoms with van der Waals surface area (Å²) in [4.78, 5) is 1.93. The minimum atomic E-state index is 0.238. The van der Waals surface area contributed by atoms with Crippen molar-refractivity contribution in [1.29, 1.82) is 5.26 Å². The van der Waals surface area contributed by atoms with Crippen LogP contribution in [0.5, 0.6) is 0 Å². The van der Waals surface area contributed by atoms with Gasteiger partial charge in [-0.1, -0.05) is 0 Å². The molecule has 0 aromatic carbocycles. The van der Waals surface area contributed by atoms with Crippen molar-refractivity contribution in [3.8, 4) is 6.07 Å². The molecule has 0 aliphatic carbocycles. The Balaban J connectivity index is 2.19. The average molecular weight is 180 g/mol. The van der Waals surface area contributed by atoms with Crippen molar-refractivity contribution in [2.75, 3.05) is 31.2 Å². The van der Waals surface area contributed by atoms with E-state index in [1.165, 1.54) is 0 Å². The second kappa shape index (κ2) is 3.41. The van der Waals surface area contributed by atoms with Crippen LogP contribution in [0.1, 0.15) is 5.69 Å². The van der Waals surface area contributed by atoms with Crippen LogP contribution < -0.4 is 4.90 Å². The third-order valence-corrected chi connectivity index (χ3v) is 1.89. The van der Waals surface area contributed by atoms with Gasteiger partial charge < -0.3 is 9.64 Å². The Morgan fingerprint density at radius 3 is 2.77 bits per heavy atom. The molecule has 0 atom stereocenters. The zero-order valence-corrected chi connectivity index (χ0v) is 6.93. The molecule has 6 nitrogen and oxygen atoms in total. The van der Waals surface area contributed by atoms with Crippen molar-refractivity contribution in [3.05, 3.63) is 5.69 Å². The van der Waals surface area contributed by atoms with Gasteiger partial charge in [0, 0.05) is 13.1 Å². The second-order valence-corrected chi connectivity index (χ2v) is 2.65. The first kappa shape index (κ1) is 8.01. The molecule has 2 heterocycles. The molecule has 0 unspecified atom stereocenters. The van der Waals surface area contributed by atoms with Gasteiger partial charge in [0.2, 0.25) is 11.5 Å². The molecule has 1 aliphatic rings. The van der Waals surface area contributed by atoms with E-state index < -0.39 is 0 Å². The van der Waals surface area contributed by atoms with E-state index in [9.17, 15) is 0 Å². The summed E-state index contributed by atoms with van der Waals surface area (Å²) in [7, 11) is 0. The SMILES string of the molecule is N#Cc1nonc1N1CCOCC1. The second-order valence-electron chi connectivity index (χ2n) is 2.65. The maximum atomic E-state index is 8.67. The molecule has 1 aromatic rings. The number of ether oxygens (including phenoxy) is 1. The van der Waals surface area contributed by atoms with Crippen molar-refractivity contribution >= 4 is 5.82 Å². The molecule has 1 aliphatic heterocycles. The van der Waals surface area contributed by atoms with Gasteiger partial charge in [0.05, 0.1) is 13.2 Å². The maximum absolute atomic E-state index is 8.67. The maximum Gasteiger partial charge on any atom is 0.228 e. The third-order valence-electron chi connectivity index (χ3n) is 1.89. The molecular weight excluding hydrogens is 172 g/mol. The summed E-state index contributed by atoms with van der Waals surface area (Å²) in [6.07, 6.45) is 0. The predicted molar refractivity (Wildman–Crippen MR) is 42.0 cm³/mol. The summed E-state index contributed by atoms with van der Waals surface area (Å²) in [5, 5.41) is 15.8. The molecule has 6 heteroatoms. The summed E-state index contributed by atoms with van der Waals surface area (Å²) >= 11 is 0. The highest BCUT2D eigenvalue weighted by Gasteiger charge is 2.19. The number of nitrogens with zero attached hydrogens (tertiary/aromatic N) is 4. The molecule has 2 rings (SSSR count). The van der Waals surface area contributed by atoms with Gasteiger partial charge in [-0.2, -0.15) is 5.26 Å². The Labute approximate surface area is 74.7 Å². The van der Waals surface area contributed by atoms with Crippen LogP contribution in [0.25, 0.3) is 0 Å². The Morgan fingerprint density at radius 1 is 1.31 bits per heavy atom. The van der Waals surface area contributed by atoms with E-state index in [0.29, 0.717) is 19.0 Å². The standard InChI is InChI=1S/C7H8N4O2/c8-5-6-7(10-13-9-6)11-1-3-12-4-2-11/h1-4H2. The van der Waals surface area contributed by atoms with Crippen LogP contribution in [0, 0.1) is 11.3 Å². The van der Waals surface area contributed by atoms with Crippen LogP contribution in [-0.4, -0.2) is 36.6 Å². The lowest BCUT2D eigenvalue weighted by atomic mass is 10.3. The molecule has 0 bridgehead atoms. The molecule has 0 amide bonds. The van der Waals surface area contributed by atoms with Crippen molar-refractivity contribution in [3.63, 3.8) is 0 Å². The molecule has 1 fully saturated rings. The van der Waals surface area contributed by atoms with Crippen LogP contribution in [0.2, 0.25) is 0 Å². The normalized spacial score (nSPS) is 17.0. The van der Waals surface area contributed by atoms with Crippen molar-refractivity contribution in [2.45, 2.75) is 0 Å². The van der Waals surface area contributed by atoms with Gasteiger partial charge in [0.25, 0.3) is 0 Å². The van der Waals surface area contributed by atoms with Crippen LogP contribution in [0.15, 0.2) is 4.63 Å². The molecule has 13 heavy (non-hydrogen) atoms. The zero-order valence-electron chi connectivity index (χ0n) is 6.93. The van der Waals surface area contributed by atoms with E-state index >= 15 is 0 Å². The molecule has 0 saturated carbocycles. The van der Waals surface area contributed by atoms with Gasteiger partial charge in [0.1, 0.15) is 6.07 Å². The fraction of sp³-hybridized carbons (Fsp3) is 0.571. The van der Waals surface area contributed by atoms with Gasteiger partial charge in [-0.15, -0.1) is 0 Å². The largest absolute Gasteiger partial charge is 0.378 e. The lowest BCUT2D eigenvalue weighted by Gasteiger charge is -2.25. The lowest BCUT2D eigenvalue weighted by Crippen LogP contribution is -2.36. The van der Waals surface area contributed by atoms with Gasteiger partial charge >= 0.3 is 0 Å². The molecule has 0 radical (unpaired) electrons. The molecule has 0 N–H and O–H groups in total. The molecule has 68 valence electrons.